The van der Waals surface area contributed by atoms with Gasteiger partial charge in [0.05, 0.1) is 26.4 Å². The Bertz CT molecular complexity index is 326. The molecule has 1 fully saturated rings. The molecule has 1 atom stereocenters. The summed E-state index contributed by atoms with van der Waals surface area (Å²) in [6.07, 6.45) is -0.000139. The lowest BCUT2D eigenvalue weighted by atomic mass is 10.1. The quantitative estimate of drug-likeness (QED) is 0.840. The van der Waals surface area contributed by atoms with Gasteiger partial charge in [0.15, 0.2) is 0 Å². The van der Waals surface area contributed by atoms with Gasteiger partial charge < -0.3 is 19.5 Å². The largest absolute Gasteiger partial charge is 0.496 e. The highest BCUT2D eigenvalue weighted by molar-refractivity contribution is 5.46. The Labute approximate surface area is 95.5 Å². The second-order valence-corrected chi connectivity index (χ2v) is 3.64. The van der Waals surface area contributed by atoms with E-state index in [4.69, 9.17) is 14.2 Å². The lowest BCUT2D eigenvalue weighted by Crippen LogP contribution is -2.33. The van der Waals surface area contributed by atoms with Crippen molar-refractivity contribution in [2.45, 2.75) is 6.10 Å². The molecule has 4 heteroatoms. The molecule has 16 heavy (non-hydrogen) atoms. The van der Waals surface area contributed by atoms with Crippen molar-refractivity contribution in [3.05, 3.63) is 23.8 Å². The summed E-state index contributed by atoms with van der Waals surface area (Å²) >= 11 is 0. The molecule has 1 aromatic rings. The monoisotopic (exact) mass is 223 g/mol. The SMILES string of the molecule is COc1cccc(OC)c1C1CNCCO1. The molecule has 4 nitrogen and oxygen atoms in total. The van der Waals surface area contributed by atoms with Crippen molar-refractivity contribution in [3.63, 3.8) is 0 Å². The highest BCUT2D eigenvalue weighted by Gasteiger charge is 2.23. The van der Waals surface area contributed by atoms with Crippen molar-refractivity contribution >= 4 is 0 Å². The highest BCUT2D eigenvalue weighted by Crippen LogP contribution is 2.36. The number of morpholine rings is 1. The second-order valence-electron chi connectivity index (χ2n) is 3.64. The lowest BCUT2D eigenvalue weighted by molar-refractivity contribution is 0.0248. The molecule has 1 unspecified atom stereocenters. The first-order valence-electron chi connectivity index (χ1n) is 5.40. The molecule has 1 heterocycles. The number of benzene rings is 1. The summed E-state index contributed by atoms with van der Waals surface area (Å²) in [6.45, 7) is 2.40. The van der Waals surface area contributed by atoms with Gasteiger partial charge in [0.25, 0.3) is 0 Å². The predicted octanol–water partition coefficient (Wildman–Crippen LogP) is 1.36. The van der Waals surface area contributed by atoms with Crippen LogP contribution >= 0.6 is 0 Å². The van der Waals surface area contributed by atoms with Crippen LogP contribution in [0.2, 0.25) is 0 Å². The minimum absolute atomic E-state index is 0.000139. The fourth-order valence-corrected chi connectivity index (χ4v) is 1.95. The first-order valence-corrected chi connectivity index (χ1v) is 5.40. The maximum Gasteiger partial charge on any atom is 0.128 e. The molecule has 2 rings (SSSR count). The van der Waals surface area contributed by atoms with Crippen LogP contribution in [-0.2, 0) is 4.74 Å². The molecule has 0 saturated carbocycles. The normalized spacial score (nSPS) is 20.5. The number of rotatable bonds is 3. The summed E-state index contributed by atoms with van der Waals surface area (Å²) in [5.41, 5.74) is 0.986. The zero-order valence-corrected chi connectivity index (χ0v) is 9.66. The molecular weight excluding hydrogens is 206 g/mol. The van der Waals surface area contributed by atoms with Crippen LogP contribution in [0.5, 0.6) is 11.5 Å². The van der Waals surface area contributed by atoms with E-state index in [1.807, 2.05) is 18.2 Å². The van der Waals surface area contributed by atoms with E-state index in [0.29, 0.717) is 6.61 Å². The van der Waals surface area contributed by atoms with Gasteiger partial charge in [0, 0.05) is 13.1 Å². The molecule has 1 aliphatic rings. The topological polar surface area (TPSA) is 39.7 Å². The summed E-state index contributed by atoms with van der Waals surface area (Å²) in [6, 6.07) is 5.77. The van der Waals surface area contributed by atoms with Gasteiger partial charge in [0.1, 0.15) is 17.6 Å². The molecule has 88 valence electrons. The van der Waals surface area contributed by atoms with E-state index in [1.54, 1.807) is 14.2 Å². The van der Waals surface area contributed by atoms with Crippen LogP contribution in [0.4, 0.5) is 0 Å². The van der Waals surface area contributed by atoms with Crippen LogP contribution in [-0.4, -0.2) is 33.9 Å². The van der Waals surface area contributed by atoms with Gasteiger partial charge in [-0.25, -0.2) is 0 Å². The molecule has 1 N–H and O–H groups in total. The van der Waals surface area contributed by atoms with Gasteiger partial charge in [-0.3, -0.25) is 0 Å². The highest BCUT2D eigenvalue weighted by atomic mass is 16.5. The maximum absolute atomic E-state index is 5.73. The van der Waals surface area contributed by atoms with E-state index in [9.17, 15) is 0 Å². The molecule has 0 amide bonds. The van der Waals surface area contributed by atoms with Crippen LogP contribution in [0.15, 0.2) is 18.2 Å². The lowest BCUT2D eigenvalue weighted by Gasteiger charge is -2.26. The average Bonchev–Trinajstić information content (AvgIpc) is 2.38. The minimum atomic E-state index is -0.000139. The van der Waals surface area contributed by atoms with Crippen LogP contribution in [0.25, 0.3) is 0 Å². The molecule has 0 spiro atoms. The van der Waals surface area contributed by atoms with Crippen LogP contribution in [0.3, 0.4) is 0 Å². The van der Waals surface area contributed by atoms with Crippen LogP contribution in [0, 0.1) is 0 Å². The molecular formula is C12H17NO3. The Kier molecular flexibility index (Phi) is 3.64. The minimum Gasteiger partial charge on any atom is -0.496 e. The van der Waals surface area contributed by atoms with Crippen molar-refractivity contribution < 1.29 is 14.2 Å². The van der Waals surface area contributed by atoms with Crippen molar-refractivity contribution in [2.75, 3.05) is 33.9 Å². The van der Waals surface area contributed by atoms with Gasteiger partial charge in [-0.1, -0.05) is 6.07 Å². The molecule has 0 radical (unpaired) electrons. The third-order valence-electron chi connectivity index (χ3n) is 2.72. The van der Waals surface area contributed by atoms with E-state index >= 15 is 0 Å². The Balaban J connectivity index is 2.34. The Hall–Kier alpha value is -1.26. The Morgan fingerprint density at radius 3 is 2.44 bits per heavy atom. The van der Waals surface area contributed by atoms with Crippen molar-refractivity contribution in [3.8, 4) is 11.5 Å². The average molecular weight is 223 g/mol. The first kappa shape index (κ1) is 11.2. The van der Waals surface area contributed by atoms with Gasteiger partial charge in [-0.2, -0.15) is 0 Å². The van der Waals surface area contributed by atoms with Gasteiger partial charge >= 0.3 is 0 Å². The number of hydrogen-bond acceptors (Lipinski definition) is 4. The van der Waals surface area contributed by atoms with Crippen molar-refractivity contribution in [2.24, 2.45) is 0 Å². The van der Waals surface area contributed by atoms with Crippen LogP contribution in [0.1, 0.15) is 11.7 Å². The maximum atomic E-state index is 5.73. The van der Waals surface area contributed by atoms with E-state index < -0.39 is 0 Å². The zero-order valence-electron chi connectivity index (χ0n) is 9.66. The van der Waals surface area contributed by atoms with Crippen molar-refractivity contribution in [1.29, 1.82) is 0 Å². The number of hydrogen-bond donors (Lipinski definition) is 1. The smallest absolute Gasteiger partial charge is 0.128 e. The Morgan fingerprint density at radius 1 is 1.25 bits per heavy atom. The van der Waals surface area contributed by atoms with Crippen LogP contribution < -0.4 is 14.8 Å². The summed E-state index contributed by atoms with van der Waals surface area (Å²) in [5.74, 6) is 1.63. The molecule has 1 aliphatic heterocycles. The summed E-state index contributed by atoms with van der Waals surface area (Å²) in [7, 11) is 3.32. The molecule has 0 aliphatic carbocycles. The first-order chi connectivity index (χ1) is 7.86. The third kappa shape index (κ3) is 2.13. The van der Waals surface area contributed by atoms with Crippen molar-refractivity contribution in [1.82, 2.24) is 5.32 Å². The Morgan fingerprint density at radius 2 is 1.94 bits per heavy atom. The standard InChI is InChI=1S/C12H17NO3/c1-14-9-4-3-5-10(15-2)12(9)11-8-13-6-7-16-11/h3-5,11,13H,6-8H2,1-2H3. The number of methoxy groups -OCH3 is 2. The fourth-order valence-electron chi connectivity index (χ4n) is 1.95. The van der Waals surface area contributed by atoms with Gasteiger partial charge in [-0.15, -0.1) is 0 Å². The fraction of sp³-hybridized carbons (Fsp3) is 0.500. The van der Waals surface area contributed by atoms with Gasteiger partial charge in [-0.05, 0) is 12.1 Å². The third-order valence-corrected chi connectivity index (χ3v) is 2.72. The molecule has 1 saturated heterocycles. The van der Waals surface area contributed by atoms with E-state index in [2.05, 4.69) is 5.32 Å². The molecule has 0 aromatic heterocycles. The summed E-state index contributed by atoms with van der Waals surface area (Å²) in [5, 5.41) is 3.30. The number of ether oxygens (including phenoxy) is 3. The van der Waals surface area contributed by atoms with E-state index in [0.717, 1.165) is 30.2 Å². The second kappa shape index (κ2) is 5.18. The molecule has 1 aromatic carbocycles. The summed E-state index contributed by atoms with van der Waals surface area (Å²) < 4.78 is 16.4. The van der Waals surface area contributed by atoms with Gasteiger partial charge in [0.2, 0.25) is 0 Å². The summed E-state index contributed by atoms with van der Waals surface area (Å²) in [4.78, 5) is 0. The molecule has 0 bridgehead atoms. The predicted molar refractivity (Wildman–Crippen MR) is 61.1 cm³/mol. The van der Waals surface area contributed by atoms with E-state index in [1.165, 1.54) is 0 Å². The van der Waals surface area contributed by atoms with E-state index in [-0.39, 0.29) is 6.10 Å². The zero-order chi connectivity index (χ0) is 11.4. The number of nitrogens with one attached hydrogen (secondary N) is 1.